The van der Waals surface area contributed by atoms with Gasteiger partial charge in [-0.1, -0.05) is 57.2 Å². The lowest BCUT2D eigenvalue weighted by molar-refractivity contribution is 0.590. The van der Waals surface area contributed by atoms with Crippen LogP contribution in [-0.2, 0) is 12.5 Å². The number of benzene rings is 2. The first-order chi connectivity index (χ1) is 11.4. The molecule has 0 unspecified atom stereocenters. The molecule has 0 amide bonds. The summed E-state index contributed by atoms with van der Waals surface area (Å²) in [5.74, 6) is 0.693. The number of rotatable bonds is 2. The summed E-state index contributed by atoms with van der Waals surface area (Å²) in [5.41, 5.74) is 4.90. The Morgan fingerprint density at radius 3 is 2.33 bits per heavy atom. The standard InChI is InChI=1S/C21H21N3/c1-21(2,3)17-11-9-15(10-12-17)13-16(14-22)20-23-18-7-5-6-8-19(18)24(20)4/h5-13H,1-4H3/b16-13+. The van der Waals surface area contributed by atoms with Crippen LogP contribution in [0, 0.1) is 11.3 Å². The highest BCUT2D eigenvalue weighted by atomic mass is 15.1. The van der Waals surface area contributed by atoms with Crippen LogP contribution in [0.3, 0.4) is 0 Å². The Balaban J connectivity index is 2.03. The predicted molar refractivity (Wildman–Crippen MR) is 99.3 cm³/mol. The molecule has 0 saturated heterocycles. The zero-order chi connectivity index (χ0) is 17.3. The third kappa shape index (κ3) is 2.96. The Morgan fingerprint density at radius 2 is 1.75 bits per heavy atom. The van der Waals surface area contributed by atoms with E-state index in [1.54, 1.807) is 0 Å². The third-order valence-electron chi connectivity index (χ3n) is 4.24. The van der Waals surface area contributed by atoms with Gasteiger partial charge in [0.25, 0.3) is 0 Å². The lowest BCUT2D eigenvalue weighted by atomic mass is 9.86. The van der Waals surface area contributed by atoms with Gasteiger partial charge in [0, 0.05) is 7.05 Å². The van der Waals surface area contributed by atoms with E-state index in [1.165, 1.54) is 5.56 Å². The second kappa shape index (κ2) is 5.98. The molecular weight excluding hydrogens is 294 g/mol. The lowest BCUT2D eigenvalue weighted by Crippen LogP contribution is -2.10. The van der Waals surface area contributed by atoms with Gasteiger partial charge in [-0.2, -0.15) is 5.26 Å². The van der Waals surface area contributed by atoms with Crippen LogP contribution in [-0.4, -0.2) is 9.55 Å². The molecule has 3 rings (SSSR count). The second-order valence-corrected chi connectivity index (χ2v) is 7.02. The van der Waals surface area contributed by atoms with Crippen molar-refractivity contribution in [3.63, 3.8) is 0 Å². The van der Waals surface area contributed by atoms with Gasteiger partial charge in [-0.15, -0.1) is 0 Å². The smallest absolute Gasteiger partial charge is 0.151 e. The van der Waals surface area contributed by atoms with Crippen LogP contribution in [0.1, 0.15) is 37.7 Å². The molecule has 3 heteroatoms. The molecule has 1 heterocycles. The van der Waals surface area contributed by atoms with E-state index in [9.17, 15) is 5.26 Å². The first-order valence-electron chi connectivity index (χ1n) is 8.04. The Kier molecular flexibility index (Phi) is 3.99. The maximum atomic E-state index is 9.60. The van der Waals surface area contributed by atoms with Crippen molar-refractivity contribution < 1.29 is 0 Å². The predicted octanol–water partition coefficient (Wildman–Crippen LogP) is 4.93. The summed E-state index contributed by atoms with van der Waals surface area (Å²) in [7, 11) is 1.94. The first-order valence-corrected chi connectivity index (χ1v) is 8.04. The maximum absolute atomic E-state index is 9.60. The van der Waals surface area contributed by atoms with Crippen molar-refractivity contribution in [1.82, 2.24) is 9.55 Å². The van der Waals surface area contributed by atoms with Crippen molar-refractivity contribution in [1.29, 1.82) is 5.26 Å². The zero-order valence-corrected chi connectivity index (χ0v) is 14.5. The lowest BCUT2D eigenvalue weighted by Gasteiger charge is -2.18. The highest BCUT2D eigenvalue weighted by molar-refractivity contribution is 5.90. The van der Waals surface area contributed by atoms with Gasteiger partial charge < -0.3 is 4.57 Å². The van der Waals surface area contributed by atoms with Crippen molar-refractivity contribution in [3.8, 4) is 6.07 Å². The maximum Gasteiger partial charge on any atom is 0.151 e. The topological polar surface area (TPSA) is 41.6 Å². The van der Waals surface area contributed by atoms with E-state index in [2.05, 4.69) is 56.1 Å². The number of para-hydroxylation sites is 2. The van der Waals surface area contributed by atoms with E-state index in [0.717, 1.165) is 16.6 Å². The molecule has 0 spiro atoms. The molecule has 2 aromatic carbocycles. The van der Waals surface area contributed by atoms with Crippen molar-refractivity contribution >= 4 is 22.7 Å². The summed E-state index contributed by atoms with van der Waals surface area (Å²) in [6.07, 6.45) is 1.90. The summed E-state index contributed by atoms with van der Waals surface area (Å²) in [6.45, 7) is 6.58. The van der Waals surface area contributed by atoms with Gasteiger partial charge >= 0.3 is 0 Å². The number of nitrogens with zero attached hydrogens (tertiary/aromatic N) is 3. The van der Waals surface area contributed by atoms with Gasteiger partial charge in [0.15, 0.2) is 5.82 Å². The van der Waals surface area contributed by atoms with Gasteiger partial charge in [0.05, 0.1) is 16.6 Å². The Labute approximate surface area is 142 Å². The quantitative estimate of drug-likeness (QED) is 0.629. The minimum Gasteiger partial charge on any atom is -0.327 e. The highest BCUT2D eigenvalue weighted by Crippen LogP contribution is 2.25. The van der Waals surface area contributed by atoms with E-state index in [-0.39, 0.29) is 5.41 Å². The van der Waals surface area contributed by atoms with Gasteiger partial charge in [0.2, 0.25) is 0 Å². The van der Waals surface area contributed by atoms with Gasteiger partial charge in [-0.25, -0.2) is 4.98 Å². The number of aromatic nitrogens is 2. The molecular formula is C21H21N3. The monoisotopic (exact) mass is 315 g/mol. The number of allylic oxidation sites excluding steroid dienone is 1. The fraction of sp³-hybridized carbons (Fsp3) is 0.238. The number of fused-ring (bicyclic) bond motifs is 1. The summed E-state index contributed by atoms with van der Waals surface area (Å²) in [6, 6.07) is 18.6. The Hall–Kier alpha value is -2.86. The van der Waals surface area contributed by atoms with E-state index < -0.39 is 0 Å². The highest BCUT2D eigenvalue weighted by Gasteiger charge is 2.14. The fourth-order valence-corrected chi connectivity index (χ4v) is 2.78. The minimum absolute atomic E-state index is 0.123. The van der Waals surface area contributed by atoms with Gasteiger partial charge in [-0.05, 0) is 34.8 Å². The molecule has 1 aromatic heterocycles. The average Bonchev–Trinajstić information content (AvgIpc) is 2.89. The van der Waals surface area contributed by atoms with Crippen LogP contribution in [0.25, 0.3) is 22.7 Å². The van der Waals surface area contributed by atoms with E-state index in [4.69, 9.17) is 0 Å². The third-order valence-corrected chi connectivity index (χ3v) is 4.24. The van der Waals surface area contributed by atoms with Gasteiger partial charge in [0.1, 0.15) is 6.07 Å². The number of nitriles is 1. The van der Waals surface area contributed by atoms with Crippen LogP contribution >= 0.6 is 0 Å². The summed E-state index contributed by atoms with van der Waals surface area (Å²) < 4.78 is 1.97. The van der Waals surface area contributed by atoms with Gasteiger partial charge in [-0.3, -0.25) is 0 Å². The van der Waals surface area contributed by atoms with E-state index in [0.29, 0.717) is 11.4 Å². The molecule has 0 saturated carbocycles. The van der Waals surface area contributed by atoms with Crippen LogP contribution in [0.5, 0.6) is 0 Å². The fourth-order valence-electron chi connectivity index (χ4n) is 2.78. The molecule has 24 heavy (non-hydrogen) atoms. The first kappa shape index (κ1) is 16.0. The molecule has 120 valence electrons. The van der Waals surface area contributed by atoms with Crippen LogP contribution in [0.4, 0.5) is 0 Å². The minimum atomic E-state index is 0.123. The Bertz CT molecular complexity index is 945. The molecule has 3 aromatic rings. The van der Waals surface area contributed by atoms with Crippen LogP contribution in [0.2, 0.25) is 0 Å². The average molecular weight is 315 g/mol. The number of imidazole rings is 1. The van der Waals surface area contributed by atoms with Crippen molar-refractivity contribution in [2.24, 2.45) is 7.05 Å². The SMILES string of the molecule is Cn1c(/C(C#N)=C/c2ccc(C(C)(C)C)cc2)nc2ccccc21. The molecule has 0 N–H and O–H groups in total. The molecule has 0 atom stereocenters. The number of hydrogen-bond donors (Lipinski definition) is 0. The largest absolute Gasteiger partial charge is 0.327 e. The van der Waals surface area contributed by atoms with Crippen LogP contribution < -0.4 is 0 Å². The molecule has 0 radical (unpaired) electrons. The van der Waals surface area contributed by atoms with E-state index in [1.807, 2.05) is 42.0 Å². The molecule has 0 aliphatic heterocycles. The summed E-state index contributed by atoms with van der Waals surface area (Å²) >= 11 is 0. The molecule has 3 nitrogen and oxygen atoms in total. The van der Waals surface area contributed by atoms with Crippen molar-refractivity contribution in [3.05, 3.63) is 65.5 Å². The molecule has 0 bridgehead atoms. The summed E-state index contributed by atoms with van der Waals surface area (Å²) in [5, 5.41) is 9.60. The number of hydrogen-bond acceptors (Lipinski definition) is 2. The van der Waals surface area contributed by atoms with Crippen molar-refractivity contribution in [2.75, 3.05) is 0 Å². The Morgan fingerprint density at radius 1 is 1.08 bits per heavy atom. The second-order valence-electron chi connectivity index (χ2n) is 7.02. The summed E-state index contributed by atoms with van der Waals surface area (Å²) in [4.78, 5) is 4.61. The van der Waals surface area contributed by atoms with Crippen molar-refractivity contribution in [2.45, 2.75) is 26.2 Å². The zero-order valence-electron chi connectivity index (χ0n) is 14.5. The normalized spacial score (nSPS) is 12.4. The molecule has 0 aliphatic rings. The van der Waals surface area contributed by atoms with E-state index >= 15 is 0 Å². The molecule has 0 aliphatic carbocycles. The number of aryl methyl sites for hydroxylation is 1. The molecule has 0 fully saturated rings. The van der Waals surface area contributed by atoms with Crippen LogP contribution in [0.15, 0.2) is 48.5 Å².